The summed E-state index contributed by atoms with van der Waals surface area (Å²) in [5.74, 6) is 1.16. The van der Waals surface area contributed by atoms with Crippen molar-refractivity contribution >= 4 is 56.6 Å². The SMILES string of the molecule is CS(=O)(=O)N(CC(=O)NCCSCc1ccc(Cl)cc1)c1cccc(Cl)c1. The number of hydrogen-bond acceptors (Lipinski definition) is 4. The van der Waals surface area contributed by atoms with Gasteiger partial charge in [0.1, 0.15) is 6.54 Å². The summed E-state index contributed by atoms with van der Waals surface area (Å²) in [6.07, 6.45) is 1.06. The van der Waals surface area contributed by atoms with Crippen LogP contribution in [0.5, 0.6) is 0 Å². The Bertz CT molecular complexity index is 874. The molecule has 0 unspecified atom stereocenters. The van der Waals surface area contributed by atoms with Crippen LogP contribution < -0.4 is 9.62 Å². The molecule has 0 aliphatic heterocycles. The van der Waals surface area contributed by atoms with Crippen molar-refractivity contribution in [3.05, 3.63) is 64.1 Å². The van der Waals surface area contributed by atoms with Gasteiger partial charge >= 0.3 is 0 Å². The molecular weight excluding hydrogens is 427 g/mol. The quantitative estimate of drug-likeness (QED) is 0.594. The third kappa shape index (κ3) is 7.62. The molecular formula is C18H20Cl2N2O3S2. The topological polar surface area (TPSA) is 66.5 Å². The Balaban J connectivity index is 1.81. The van der Waals surface area contributed by atoms with Gasteiger partial charge in [-0.1, -0.05) is 41.4 Å². The number of amides is 1. The molecule has 0 saturated heterocycles. The van der Waals surface area contributed by atoms with Gasteiger partial charge in [-0.25, -0.2) is 8.42 Å². The van der Waals surface area contributed by atoms with Gasteiger partial charge in [-0.2, -0.15) is 11.8 Å². The van der Waals surface area contributed by atoms with Crippen LogP contribution in [-0.4, -0.2) is 39.4 Å². The number of thioether (sulfide) groups is 1. The third-order valence-electron chi connectivity index (χ3n) is 3.53. The van der Waals surface area contributed by atoms with Crippen LogP contribution in [0.1, 0.15) is 5.56 Å². The van der Waals surface area contributed by atoms with Crippen LogP contribution in [0.4, 0.5) is 5.69 Å². The number of hydrogen-bond donors (Lipinski definition) is 1. The van der Waals surface area contributed by atoms with Crippen molar-refractivity contribution in [2.24, 2.45) is 0 Å². The second-order valence-electron chi connectivity index (χ2n) is 5.78. The van der Waals surface area contributed by atoms with Crippen LogP contribution in [0.25, 0.3) is 0 Å². The monoisotopic (exact) mass is 446 g/mol. The predicted octanol–water partition coefficient (Wildman–Crippen LogP) is 3.81. The van der Waals surface area contributed by atoms with Gasteiger partial charge in [0.2, 0.25) is 15.9 Å². The number of anilines is 1. The molecule has 0 aliphatic rings. The molecule has 0 fully saturated rings. The first kappa shape index (κ1) is 21.9. The molecule has 1 amide bonds. The average molecular weight is 447 g/mol. The van der Waals surface area contributed by atoms with Crippen LogP contribution in [0, 0.1) is 0 Å². The van der Waals surface area contributed by atoms with E-state index < -0.39 is 10.0 Å². The molecule has 2 aromatic rings. The molecule has 0 atom stereocenters. The molecule has 2 rings (SSSR count). The minimum atomic E-state index is -3.61. The molecule has 2 aromatic carbocycles. The van der Waals surface area contributed by atoms with Crippen LogP contribution in [-0.2, 0) is 20.6 Å². The van der Waals surface area contributed by atoms with Gasteiger partial charge in [0, 0.05) is 28.1 Å². The molecule has 9 heteroatoms. The molecule has 0 spiro atoms. The first-order valence-electron chi connectivity index (χ1n) is 8.08. The molecule has 0 aromatic heterocycles. The van der Waals surface area contributed by atoms with E-state index in [1.54, 1.807) is 30.0 Å². The lowest BCUT2D eigenvalue weighted by molar-refractivity contribution is -0.119. The van der Waals surface area contributed by atoms with E-state index in [9.17, 15) is 13.2 Å². The Hall–Kier alpha value is -1.41. The highest BCUT2D eigenvalue weighted by atomic mass is 35.5. The maximum absolute atomic E-state index is 12.2. The van der Waals surface area contributed by atoms with E-state index in [1.165, 1.54) is 6.07 Å². The Morgan fingerprint density at radius 3 is 2.44 bits per heavy atom. The fourth-order valence-electron chi connectivity index (χ4n) is 2.25. The van der Waals surface area contributed by atoms with Crippen LogP contribution in [0.15, 0.2) is 48.5 Å². The summed E-state index contributed by atoms with van der Waals surface area (Å²) in [4.78, 5) is 12.2. The number of nitrogens with one attached hydrogen (secondary N) is 1. The summed E-state index contributed by atoms with van der Waals surface area (Å²) >= 11 is 13.4. The highest BCUT2D eigenvalue weighted by molar-refractivity contribution is 7.98. The summed E-state index contributed by atoms with van der Waals surface area (Å²) < 4.78 is 25.1. The number of halogens is 2. The van der Waals surface area contributed by atoms with Gasteiger partial charge in [-0.3, -0.25) is 9.10 Å². The molecule has 27 heavy (non-hydrogen) atoms. The number of nitrogens with zero attached hydrogens (tertiary/aromatic N) is 1. The summed E-state index contributed by atoms with van der Waals surface area (Å²) in [6.45, 7) is 0.158. The van der Waals surface area contributed by atoms with E-state index in [2.05, 4.69) is 5.32 Å². The molecule has 1 N–H and O–H groups in total. The summed E-state index contributed by atoms with van der Waals surface area (Å²) in [7, 11) is -3.61. The standard InChI is InChI=1S/C18H20Cl2N2O3S2/c1-27(24,25)22(17-4-2-3-16(20)11-17)12-18(23)21-9-10-26-13-14-5-7-15(19)8-6-14/h2-8,11H,9-10,12-13H2,1H3,(H,21,23). The second kappa shape index (κ2) is 10.2. The normalized spacial score (nSPS) is 11.2. The Kier molecular flexibility index (Phi) is 8.28. The molecule has 0 heterocycles. The Morgan fingerprint density at radius 1 is 1.11 bits per heavy atom. The minimum absolute atomic E-state index is 0.291. The lowest BCUT2D eigenvalue weighted by Crippen LogP contribution is -2.41. The molecule has 5 nitrogen and oxygen atoms in total. The van der Waals surface area contributed by atoms with E-state index in [0.717, 1.165) is 21.9 Å². The van der Waals surface area contributed by atoms with Crippen LogP contribution in [0.3, 0.4) is 0 Å². The maximum atomic E-state index is 12.2. The largest absolute Gasteiger partial charge is 0.354 e. The van der Waals surface area contributed by atoms with Gasteiger partial charge in [-0.15, -0.1) is 0 Å². The first-order valence-corrected chi connectivity index (χ1v) is 11.8. The predicted molar refractivity (Wildman–Crippen MR) is 114 cm³/mol. The van der Waals surface area contributed by atoms with Gasteiger partial charge in [-0.05, 0) is 35.9 Å². The second-order valence-corrected chi connectivity index (χ2v) is 9.66. The fraction of sp³-hybridized carbons (Fsp3) is 0.278. The molecule has 146 valence electrons. The van der Waals surface area contributed by atoms with E-state index in [-0.39, 0.29) is 12.5 Å². The summed E-state index contributed by atoms with van der Waals surface area (Å²) in [5, 5.41) is 3.85. The highest BCUT2D eigenvalue weighted by Gasteiger charge is 2.20. The zero-order chi connectivity index (χ0) is 19.9. The lowest BCUT2D eigenvalue weighted by Gasteiger charge is -2.22. The van der Waals surface area contributed by atoms with Crippen molar-refractivity contribution in [3.63, 3.8) is 0 Å². The minimum Gasteiger partial charge on any atom is -0.354 e. The van der Waals surface area contributed by atoms with Crippen LogP contribution in [0.2, 0.25) is 10.0 Å². The molecule has 0 bridgehead atoms. The van der Waals surface area contributed by atoms with Gasteiger partial charge in [0.15, 0.2) is 0 Å². The fourth-order valence-corrected chi connectivity index (χ4v) is 4.23. The number of carbonyl (C=O) groups excluding carboxylic acids is 1. The smallest absolute Gasteiger partial charge is 0.240 e. The van der Waals surface area contributed by atoms with Gasteiger partial charge in [0.25, 0.3) is 0 Å². The average Bonchev–Trinajstić information content (AvgIpc) is 2.60. The van der Waals surface area contributed by atoms with Crippen molar-refractivity contribution in [3.8, 4) is 0 Å². The summed E-state index contributed by atoms with van der Waals surface area (Å²) in [6, 6.07) is 14.0. The van der Waals surface area contributed by atoms with Crippen molar-refractivity contribution in [2.75, 3.05) is 29.4 Å². The van der Waals surface area contributed by atoms with Crippen molar-refractivity contribution in [1.82, 2.24) is 5.32 Å². The van der Waals surface area contributed by atoms with Gasteiger partial charge < -0.3 is 5.32 Å². The first-order chi connectivity index (χ1) is 12.8. The van der Waals surface area contributed by atoms with Crippen molar-refractivity contribution in [2.45, 2.75) is 5.75 Å². The van der Waals surface area contributed by atoms with Crippen molar-refractivity contribution in [1.29, 1.82) is 0 Å². The zero-order valence-corrected chi connectivity index (χ0v) is 17.8. The van der Waals surface area contributed by atoms with Gasteiger partial charge in [0.05, 0.1) is 11.9 Å². The summed E-state index contributed by atoms with van der Waals surface area (Å²) in [5.41, 5.74) is 1.51. The van der Waals surface area contributed by atoms with Crippen molar-refractivity contribution < 1.29 is 13.2 Å². The lowest BCUT2D eigenvalue weighted by atomic mass is 10.2. The van der Waals surface area contributed by atoms with E-state index in [0.29, 0.717) is 28.0 Å². The van der Waals surface area contributed by atoms with Crippen LogP contribution >= 0.6 is 35.0 Å². The number of rotatable bonds is 9. The Morgan fingerprint density at radius 2 is 1.81 bits per heavy atom. The highest BCUT2D eigenvalue weighted by Crippen LogP contribution is 2.21. The zero-order valence-electron chi connectivity index (χ0n) is 14.7. The third-order valence-corrected chi connectivity index (χ3v) is 6.19. The number of benzene rings is 2. The van der Waals surface area contributed by atoms with E-state index >= 15 is 0 Å². The number of carbonyl (C=O) groups is 1. The molecule has 0 saturated carbocycles. The van der Waals surface area contributed by atoms with E-state index in [4.69, 9.17) is 23.2 Å². The molecule has 0 aliphatic carbocycles. The maximum Gasteiger partial charge on any atom is 0.240 e. The number of sulfonamides is 1. The Labute approximate surface area is 174 Å². The van der Waals surface area contributed by atoms with E-state index in [1.807, 2.05) is 24.3 Å². The molecule has 0 radical (unpaired) electrons.